The quantitative estimate of drug-likeness (QED) is 0.438. The summed E-state index contributed by atoms with van der Waals surface area (Å²) in [7, 11) is 1.73. The lowest BCUT2D eigenvalue weighted by Crippen LogP contribution is -2.12. The normalized spacial score (nSPS) is 13.9. The molecule has 1 fully saturated rings. The van der Waals surface area contributed by atoms with Crippen LogP contribution in [0.4, 0.5) is 0 Å². The highest BCUT2D eigenvalue weighted by Gasteiger charge is 2.15. The minimum atomic E-state index is 0.345. The van der Waals surface area contributed by atoms with Crippen LogP contribution in [0.1, 0.15) is 97.3 Å². The van der Waals surface area contributed by atoms with E-state index in [1.165, 1.54) is 48.8 Å². The van der Waals surface area contributed by atoms with Gasteiger partial charge in [-0.3, -0.25) is 0 Å². The molecule has 0 aromatic heterocycles. The molecule has 2 nitrogen and oxygen atoms in total. The van der Waals surface area contributed by atoms with Crippen molar-refractivity contribution < 1.29 is 9.84 Å². The Morgan fingerprint density at radius 2 is 1.32 bits per heavy atom. The summed E-state index contributed by atoms with van der Waals surface area (Å²) < 4.78 is 5.30. The van der Waals surface area contributed by atoms with Crippen molar-refractivity contribution in [2.45, 2.75) is 99.8 Å². The molecule has 0 aliphatic heterocycles. The Morgan fingerprint density at radius 3 is 1.76 bits per heavy atom. The first-order valence-corrected chi connectivity index (χ1v) is 13.6. The van der Waals surface area contributed by atoms with Gasteiger partial charge in [-0.1, -0.05) is 105 Å². The predicted octanol–water partition coefficient (Wildman–Crippen LogP) is 9.27. The van der Waals surface area contributed by atoms with Gasteiger partial charge in [-0.25, -0.2) is 0 Å². The zero-order chi connectivity index (χ0) is 25.5. The van der Waals surface area contributed by atoms with Gasteiger partial charge in [0, 0.05) is 0 Å². The lowest BCUT2D eigenvalue weighted by molar-refractivity contribution is 0.279. The fourth-order valence-corrected chi connectivity index (χ4v) is 4.61. The molecule has 192 valence electrons. The SMILES string of the molecule is CC(C)C1CCCCC1.CC(C)Cc1ccc(O)cc1.CCc1cc(CC(C)C)ccc1OC. The number of phenols is 1. The average Bonchev–Trinajstić information content (AvgIpc) is 2.81. The summed E-state index contributed by atoms with van der Waals surface area (Å²) in [6.07, 6.45) is 10.7. The molecule has 1 N–H and O–H groups in total. The fourth-order valence-electron chi connectivity index (χ4n) is 4.61. The van der Waals surface area contributed by atoms with Gasteiger partial charge in [0.25, 0.3) is 0 Å². The molecule has 0 bridgehead atoms. The second-order valence-corrected chi connectivity index (χ2v) is 11.0. The Kier molecular flexibility index (Phi) is 14.7. The zero-order valence-electron chi connectivity index (χ0n) is 23.4. The zero-order valence-corrected chi connectivity index (χ0v) is 23.4. The third kappa shape index (κ3) is 12.5. The number of ether oxygens (including phenoxy) is 1. The van der Waals surface area contributed by atoms with Crippen LogP contribution in [0.5, 0.6) is 11.5 Å². The van der Waals surface area contributed by atoms with Crippen molar-refractivity contribution in [2.24, 2.45) is 23.7 Å². The van der Waals surface area contributed by atoms with Gasteiger partial charge in [-0.2, -0.15) is 0 Å². The molecular formula is C32H52O2. The van der Waals surface area contributed by atoms with Gasteiger partial charge in [-0.15, -0.1) is 0 Å². The fraction of sp³-hybridized carbons (Fsp3) is 0.625. The molecule has 0 atom stereocenters. The highest BCUT2D eigenvalue weighted by Crippen LogP contribution is 2.29. The summed E-state index contributed by atoms with van der Waals surface area (Å²) in [4.78, 5) is 0. The highest BCUT2D eigenvalue weighted by molar-refractivity contribution is 5.37. The van der Waals surface area contributed by atoms with Gasteiger partial charge in [0.1, 0.15) is 11.5 Å². The average molecular weight is 469 g/mol. The Labute approximate surface area is 211 Å². The molecular weight excluding hydrogens is 416 g/mol. The van der Waals surface area contributed by atoms with Crippen molar-refractivity contribution in [2.75, 3.05) is 7.11 Å². The van der Waals surface area contributed by atoms with Crippen molar-refractivity contribution in [1.82, 2.24) is 0 Å². The van der Waals surface area contributed by atoms with E-state index in [0.29, 0.717) is 17.6 Å². The standard InChI is InChI=1S/C13H20O.C10H14O.C9H18/c1-5-12-9-11(8-10(2)3)6-7-13(12)14-4;1-8(2)7-9-3-5-10(11)6-4-9;1-8(2)9-6-4-3-5-7-9/h6-7,9-10H,5,8H2,1-4H3;3-6,8,11H,7H2,1-2H3;8-9H,3-7H2,1-2H3. The van der Waals surface area contributed by atoms with E-state index in [0.717, 1.165) is 36.8 Å². The summed E-state index contributed by atoms with van der Waals surface area (Å²) in [6, 6.07) is 13.9. The van der Waals surface area contributed by atoms with Crippen LogP contribution in [0.15, 0.2) is 42.5 Å². The largest absolute Gasteiger partial charge is 0.508 e. The molecule has 1 saturated carbocycles. The maximum Gasteiger partial charge on any atom is 0.122 e. The van der Waals surface area contributed by atoms with E-state index in [9.17, 15) is 0 Å². The van der Waals surface area contributed by atoms with Gasteiger partial charge in [0.05, 0.1) is 7.11 Å². The van der Waals surface area contributed by atoms with E-state index in [1.807, 2.05) is 12.1 Å². The van der Waals surface area contributed by atoms with Crippen molar-refractivity contribution in [3.63, 3.8) is 0 Å². The van der Waals surface area contributed by atoms with Crippen molar-refractivity contribution in [3.8, 4) is 11.5 Å². The van der Waals surface area contributed by atoms with Crippen molar-refractivity contribution >= 4 is 0 Å². The van der Waals surface area contributed by atoms with E-state index in [4.69, 9.17) is 9.84 Å². The predicted molar refractivity (Wildman–Crippen MR) is 149 cm³/mol. The molecule has 0 saturated heterocycles. The van der Waals surface area contributed by atoms with E-state index >= 15 is 0 Å². The second kappa shape index (κ2) is 16.6. The maximum absolute atomic E-state index is 8.99. The van der Waals surface area contributed by atoms with Gasteiger partial charge < -0.3 is 9.84 Å². The Morgan fingerprint density at radius 1 is 0.794 bits per heavy atom. The van der Waals surface area contributed by atoms with Crippen LogP contribution in [0.25, 0.3) is 0 Å². The Balaban J connectivity index is 0.000000262. The van der Waals surface area contributed by atoms with Crippen LogP contribution in [0, 0.1) is 23.7 Å². The van der Waals surface area contributed by atoms with Crippen LogP contribution in [-0.4, -0.2) is 12.2 Å². The third-order valence-electron chi connectivity index (χ3n) is 6.54. The molecule has 0 heterocycles. The number of aryl methyl sites for hydroxylation is 1. The van der Waals surface area contributed by atoms with E-state index in [1.54, 1.807) is 19.2 Å². The number of rotatable bonds is 7. The molecule has 0 spiro atoms. The number of benzene rings is 2. The van der Waals surface area contributed by atoms with Gasteiger partial charge in [0.2, 0.25) is 0 Å². The third-order valence-corrected chi connectivity index (χ3v) is 6.54. The van der Waals surface area contributed by atoms with Gasteiger partial charge in [0.15, 0.2) is 0 Å². The maximum atomic E-state index is 8.99. The van der Waals surface area contributed by atoms with Crippen LogP contribution < -0.4 is 4.74 Å². The van der Waals surface area contributed by atoms with Crippen LogP contribution >= 0.6 is 0 Å². The highest BCUT2D eigenvalue weighted by atomic mass is 16.5. The number of phenolic OH excluding ortho intramolecular Hbond substituents is 1. The number of hydrogen-bond donors (Lipinski definition) is 1. The Bertz CT molecular complexity index is 768. The topological polar surface area (TPSA) is 29.5 Å². The van der Waals surface area contributed by atoms with Gasteiger partial charge >= 0.3 is 0 Å². The smallest absolute Gasteiger partial charge is 0.122 e. The number of aromatic hydroxyl groups is 1. The molecule has 1 aliphatic carbocycles. The summed E-state index contributed by atoms with van der Waals surface area (Å²) in [5, 5.41) is 8.99. The van der Waals surface area contributed by atoms with E-state index in [-0.39, 0.29) is 0 Å². The summed E-state index contributed by atoms with van der Waals surface area (Å²) in [5.74, 6) is 4.74. The summed E-state index contributed by atoms with van der Waals surface area (Å²) in [5.41, 5.74) is 4.01. The minimum absolute atomic E-state index is 0.345. The summed E-state index contributed by atoms with van der Waals surface area (Å²) in [6.45, 7) is 15.7. The molecule has 34 heavy (non-hydrogen) atoms. The van der Waals surface area contributed by atoms with E-state index in [2.05, 4.69) is 66.7 Å². The molecule has 2 aromatic rings. The first-order chi connectivity index (χ1) is 16.2. The van der Waals surface area contributed by atoms with Crippen LogP contribution in [-0.2, 0) is 19.3 Å². The molecule has 0 amide bonds. The van der Waals surface area contributed by atoms with Crippen LogP contribution in [0.2, 0.25) is 0 Å². The van der Waals surface area contributed by atoms with Crippen molar-refractivity contribution in [3.05, 3.63) is 59.2 Å². The lowest BCUT2D eigenvalue weighted by Gasteiger charge is -2.24. The minimum Gasteiger partial charge on any atom is -0.508 e. The van der Waals surface area contributed by atoms with Crippen molar-refractivity contribution in [1.29, 1.82) is 0 Å². The number of methoxy groups -OCH3 is 1. The second-order valence-electron chi connectivity index (χ2n) is 11.0. The molecule has 1 aliphatic rings. The molecule has 0 radical (unpaired) electrons. The van der Waals surface area contributed by atoms with E-state index < -0.39 is 0 Å². The van der Waals surface area contributed by atoms with Crippen LogP contribution in [0.3, 0.4) is 0 Å². The monoisotopic (exact) mass is 468 g/mol. The Hall–Kier alpha value is -1.96. The molecule has 2 heteroatoms. The molecule has 3 rings (SSSR count). The molecule has 2 aromatic carbocycles. The molecule has 0 unspecified atom stereocenters. The first kappa shape index (κ1) is 30.1. The number of hydrogen-bond acceptors (Lipinski definition) is 2. The first-order valence-electron chi connectivity index (χ1n) is 13.6. The lowest BCUT2D eigenvalue weighted by atomic mass is 9.82. The van der Waals surface area contributed by atoms with Gasteiger partial charge in [-0.05, 0) is 77.8 Å². The summed E-state index contributed by atoms with van der Waals surface area (Å²) >= 11 is 0.